The van der Waals surface area contributed by atoms with Gasteiger partial charge in [-0.2, -0.15) is 5.10 Å². The number of aryl methyl sites for hydroxylation is 1. The highest BCUT2D eigenvalue weighted by atomic mass is 32.1. The van der Waals surface area contributed by atoms with Crippen LogP contribution in [0.25, 0.3) is 0 Å². The van der Waals surface area contributed by atoms with Crippen LogP contribution in [0.1, 0.15) is 24.8 Å². The van der Waals surface area contributed by atoms with Crippen molar-refractivity contribution in [1.29, 1.82) is 0 Å². The molecule has 0 unspecified atom stereocenters. The van der Waals surface area contributed by atoms with Crippen molar-refractivity contribution in [2.45, 2.75) is 38.9 Å². The summed E-state index contributed by atoms with van der Waals surface area (Å²) < 4.78 is 15.0. The molecular formula is C20H30N4O2S. The Balaban J connectivity index is 1.42. The summed E-state index contributed by atoms with van der Waals surface area (Å²) in [6.45, 7) is 4.41. The quantitative estimate of drug-likeness (QED) is 0.614. The Labute approximate surface area is 166 Å². The van der Waals surface area contributed by atoms with Gasteiger partial charge in [0, 0.05) is 26.7 Å². The Morgan fingerprint density at radius 2 is 1.89 bits per heavy atom. The molecule has 27 heavy (non-hydrogen) atoms. The van der Waals surface area contributed by atoms with E-state index in [0.717, 1.165) is 49.2 Å². The molecule has 0 saturated carbocycles. The van der Waals surface area contributed by atoms with E-state index in [1.54, 1.807) is 14.2 Å². The van der Waals surface area contributed by atoms with Gasteiger partial charge in [0.05, 0.1) is 20.4 Å². The van der Waals surface area contributed by atoms with Gasteiger partial charge in [0.15, 0.2) is 4.77 Å². The molecule has 0 atom stereocenters. The van der Waals surface area contributed by atoms with Crippen molar-refractivity contribution in [3.63, 3.8) is 0 Å². The Kier molecular flexibility index (Phi) is 7.43. The summed E-state index contributed by atoms with van der Waals surface area (Å²) in [7, 11) is 3.41. The molecule has 1 aromatic carbocycles. The van der Waals surface area contributed by atoms with Crippen LogP contribution in [0.5, 0.6) is 5.75 Å². The minimum atomic E-state index is 0.652. The predicted molar refractivity (Wildman–Crippen MR) is 109 cm³/mol. The average molecular weight is 391 g/mol. The maximum absolute atomic E-state index is 5.52. The lowest BCUT2D eigenvalue weighted by Gasteiger charge is -2.31. The zero-order valence-electron chi connectivity index (χ0n) is 16.3. The molecule has 1 aliphatic heterocycles. The van der Waals surface area contributed by atoms with Crippen LogP contribution in [-0.4, -0.2) is 53.2 Å². The number of nitrogens with zero attached hydrogens (tertiary/aromatic N) is 4. The van der Waals surface area contributed by atoms with Crippen molar-refractivity contribution in [2.24, 2.45) is 5.92 Å². The molecule has 2 heterocycles. The third-order valence-corrected chi connectivity index (χ3v) is 5.82. The van der Waals surface area contributed by atoms with Crippen molar-refractivity contribution in [2.75, 3.05) is 33.9 Å². The molecule has 1 saturated heterocycles. The number of rotatable bonds is 9. The highest BCUT2D eigenvalue weighted by Crippen LogP contribution is 2.23. The zero-order chi connectivity index (χ0) is 19.1. The van der Waals surface area contributed by atoms with Crippen molar-refractivity contribution in [3.05, 3.63) is 40.9 Å². The third-order valence-electron chi connectivity index (χ3n) is 5.37. The number of piperidine rings is 1. The predicted octanol–water partition coefficient (Wildman–Crippen LogP) is 3.37. The summed E-state index contributed by atoms with van der Waals surface area (Å²) in [6, 6.07) is 8.45. The summed E-state index contributed by atoms with van der Waals surface area (Å²) in [6.07, 6.45) is 6.69. The van der Waals surface area contributed by atoms with Crippen molar-refractivity contribution < 1.29 is 9.47 Å². The number of likely N-dealkylation sites (tertiary alicyclic amines) is 1. The van der Waals surface area contributed by atoms with Crippen LogP contribution in [0.2, 0.25) is 0 Å². The molecule has 0 spiro atoms. The maximum Gasteiger partial charge on any atom is 0.198 e. The van der Waals surface area contributed by atoms with Gasteiger partial charge in [-0.1, -0.05) is 12.1 Å². The standard InChI is InChI=1S/C20H30N4O2S/c1-25-14-13-23-15-21-24(20(23)27)16-22-11-9-18(10-12-22)4-3-17-5-7-19(26-2)8-6-17/h5-8,15,18H,3-4,9-14,16H2,1-2H3. The molecule has 148 valence electrons. The van der Waals surface area contributed by atoms with Gasteiger partial charge in [0.25, 0.3) is 0 Å². The topological polar surface area (TPSA) is 44.5 Å². The van der Waals surface area contributed by atoms with E-state index in [9.17, 15) is 0 Å². The number of hydrogen-bond acceptors (Lipinski definition) is 5. The molecule has 7 heteroatoms. The largest absolute Gasteiger partial charge is 0.497 e. The van der Waals surface area contributed by atoms with Gasteiger partial charge in [0.1, 0.15) is 12.1 Å². The fourth-order valence-corrected chi connectivity index (χ4v) is 3.82. The zero-order valence-corrected chi connectivity index (χ0v) is 17.2. The maximum atomic E-state index is 5.52. The van der Waals surface area contributed by atoms with Crippen LogP contribution >= 0.6 is 12.2 Å². The summed E-state index contributed by atoms with van der Waals surface area (Å²) in [5, 5.41) is 4.44. The molecule has 0 N–H and O–H groups in total. The number of benzene rings is 1. The lowest BCUT2D eigenvalue weighted by atomic mass is 9.91. The van der Waals surface area contributed by atoms with Crippen LogP contribution in [0.15, 0.2) is 30.6 Å². The molecular weight excluding hydrogens is 360 g/mol. The van der Waals surface area contributed by atoms with E-state index in [4.69, 9.17) is 21.7 Å². The van der Waals surface area contributed by atoms with E-state index < -0.39 is 0 Å². The molecule has 0 amide bonds. The van der Waals surface area contributed by atoms with E-state index >= 15 is 0 Å². The molecule has 2 aromatic rings. The van der Waals surface area contributed by atoms with E-state index in [0.29, 0.717) is 6.61 Å². The lowest BCUT2D eigenvalue weighted by molar-refractivity contribution is 0.136. The van der Waals surface area contributed by atoms with Gasteiger partial charge in [-0.15, -0.1) is 0 Å². The molecule has 1 fully saturated rings. The number of methoxy groups -OCH3 is 2. The summed E-state index contributed by atoms with van der Waals surface area (Å²) in [5.74, 6) is 1.73. The third kappa shape index (κ3) is 5.64. The molecule has 1 aromatic heterocycles. The van der Waals surface area contributed by atoms with Crippen LogP contribution in [0, 0.1) is 10.7 Å². The smallest absolute Gasteiger partial charge is 0.198 e. The van der Waals surface area contributed by atoms with Gasteiger partial charge in [0.2, 0.25) is 0 Å². The molecule has 3 rings (SSSR count). The van der Waals surface area contributed by atoms with Gasteiger partial charge >= 0.3 is 0 Å². The second-order valence-corrected chi connectivity index (χ2v) is 7.55. The summed E-state index contributed by atoms with van der Waals surface area (Å²) in [5.41, 5.74) is 1.39. The number of aromatic nitrogens is 3. The Morgan fingerprint density at radius 3 is 2.56 bits per heavy atom. The fourth-order valence-electron chi connectivity index (χ4n) is 3.58. The average Bonchev–Trinajstić information content (AvgIpc) is 3.05. The highest BCUT2D eigenvalue weighted by molar-refractivity contribution is 7.71. The molecule has 6 nitrogen and oxygen atoms in total. The first-order valence-corrected chi connectivity index (χ1v) is 10.1. The number of ether oxygens (including phenoxy) is 2. The first kappa shape index (κ1) is 20.0. The molecule has 0 radical (unpaired) electrons. The first-order valence-electron chi connectivity index (χ1n) is 9.66. The lowest BCUT2D eigenvalue weighted by Crippen LogP contribution is -2.35. The van der Waals surface area contributed by atoms with Gasteiger partial charge < -0.3 is 14.0 Å². The minimum Gasteiger partial charge on any atom is -0.497 e. The van der Waals surface area contributed by atoms with Crippen molar-refractivity contribution in [1.82, 2.24) is 19.2 Å². The Bertz CT molecular complexity index is 748. The van der Waals surface area contributed by atoms with E-state index in [2.05, 4.69) is 22.1 Å². The van der Waals surface area contributed by atoms with Crippen LogP contribution in [-0.2, 0) is 24.4 Å². The number of hydrogen-bond donors (Lipinski definition) is 0. The molecule has 1 aliphatic rings. The van der Waals surface area contributed by atoms with E-state index in [1.165, 1.54) is 24.8 Å². The van der Waals surface area contributed by atoms with E-state index in [1.807, 2.05) is 27.7 Å². The highest BCUT2D eigenvalue weighted by Gasteiger charge is 2.19. The van der Waals surface area contributed by atoms with Gasteiger partial charge in [-0.05, 0) is 61.5 Å². The van der Waals surface area contributed by atoms with Crippen molar-refractivity contribution in [3.8, 4) is 5.75 Å². The Morgan fingerprint density at radius 1 is 1.15 bits per heavy atom. The van der Waals surface area contributed by atoms with E-state index in [-0.39, 0.29) is 0 Å². The normalized spacial score (nSPS) is 15.9. The fraction of sp³-hybridized carbons (Fsp3) is 0.600. The van der Waals surface area contributed by atoms with Gasteiger partial charge in [-0.3, -0.25) is 4.90 Å². The monoisotopic (exact) mass is 390 g/mol. The van der Waals surface area contributed by atoms with Crippen LogP contribution in [0.4, 0.5) is 0 Å². The summed E-state index contributed by atoms with van der Waals surface area (Å²) in [4.78, 5) is 2.45. The minimum absolute atomic E-state index is 0.652. The van der Waals surface area contributed by atoms with Crippen LogP contribution < -0.4 is 4.74 Å². The molecule has 0 bridgehead atoms. The second kappa shape index (κ2) is 10.0. The van der Waals surface area contributed by atoms with Crippen LogP contribution in [0.3, 0.4) is 0 Å². The second-order valence-electron chi connectivity index (χ2n) is 7.19. The SMILES string of the molecule is COCCn1cnn(CN2CCC(CCc3ccc(OC)cc3)CC2)c1=S. The van der Waals surface area contributed by atoms with Gasteiger partial charge in [-0.25, -0.2) is 4.68 Å². The summed E-state index contributed by atoms with van der Waals surface area (Å²) >= 11 is 5.52. The molecule has 0 aliphatic carbocycles. The van der Waals surface area contributed by atoms with Crippen molar-refractivity contribution >= 4 is 12.2 Å². The Hall–Kier alpha value is -1.70. The first-order chi connectivity index (χ1) is 13.2.